The molecule has 0 heterocycles. The molecule has 0 fully saturated rings. The molecule has 2 rings (SSSR count). The van der Waals surface area contributed by atoms with Crippen molar-refractivity contribution in [1.29, 1.82) is 0 Å². The van der Waals surface area contributed by atoms with E-state index in [0.29, 0.717) is 11.5 Å². The number of carbonyl (C=O) groups is 1. The molecule has 116 valence electrons. The quantitative estimate of drug-likeness (QED) is 0.841. The zero-order valence-corrected chi connectivity index (χ0v) is 13.5. The van der Waals surface area contributed by atoms with Crippen LogP contribution in [0.25, 0.3) is 0 Å². The fraction of sp³-hybridized carbons (Fsp3) is 0.316. The minimum Gasteiger partial charge on any atom is -0.379 e. The van der Waals surface area contributed by atoms with Crippen LogP contribution >= 0.6 is 0 Å². The first kappa shape index (κ1) is 16.1. The van der Waals surface area contributed by atoms with Gasteiger partial charge in [-0.25, -0.2) is 0 Å². The minimum atomic E-state index is -0.402. The number of anilines is 1. The lowest BCUT2D eigenvalue weighted by molar-refractivity contribution is 0.100. The summed E-state index contributed by atoms with van der Waals surface area (Å²) in [7, 11) is 0. The van der Waals surface area contributed by atoms with Crippen molar-refractivity contribution < 1.29 is 4.79 Å². The summed E-state index contributed by atoms with van der Waals surface area (Å²) < 4.78 is 0. The second kappa shape index (κ2) is 7.12. The highest BCUT2D eigenvalue weighted by molar-refractivity contribution is 5.93. The normalized spacial score (nSPS) is 12.2. The van der Waals surface area contributed by atoms with Gasteiger partial charge in [0.1, 0.15) is 0 Å². The van der Waals surface area contributed by atoms with Gasteiger partial charge in [0.2, 0.25) is 5.91 Å². The molecule has 0 spiro atoms. The number of nitrogens with two attached hydrogens (primary N) is 1. The number of primary amides is 1. The molecule has 3 heteroatoms. The highest BCUT2D eigenvalue weighted by Crippen LogP contribution is 2.20. The van der Waals surface area contributed by atoms with Crippen molar-refractivity contribution >= 4 is 11.6 Å². The summed E-state index contributed by atoms with van der Waals surface area (Å²) in [6, 6.07) is 16.2. The number of carbonyl (C=O) groups excluding carboxylic acids is 1. The largest absolute Gasteiger partial charge is 0.379 e. The third-order valence-corrected chi connectivity index (χ3v) is 3.68. The van der Waals surface area contributed by atoms with E-state index < -0.39 is 5.91 Å². The van der Waals surface area contributed by atoms with Crippen LogP contribution in [0.5, 0.6) is 0 Å². The van der Waals surface area contributed by atoms with Crippen LogP contribution in [0.3, 0.4) is 0 Å². The molecule has 1 unspecified atom stereocenters. The van der Waals surface area contributed by atoms with E-state index in [9.17, 15) is 4.79 Å². The average Bonchev–Trinajstić information content (AvgIpc) is 2.48. The van der Waals surface area contributed by atoms with E-state index in [1.807, 2.05) is 12.1 Å². The number of hydrogen-bond acceptors (Lipinski definition) is 2. The van der Waals surface area contributed by atoms with Crippen LogP contribution in [-0.2, 0) is 6.42 Å². The summed E-state index contributed by atoms with van der Waals surface area (Å²) in [5.41, 5.74) is 9.36. The predicted molar refractivity (Wildman–Crippen MR) is 92.0 cm³/mol. The predicted octanol–water partition coefficient (Wildman–Crippen LogP) is 4.16. The van der Waals surface area contributed by atoms with Crippen molar-refractivity contribution in [3.63, 3.8) is 0 Å². The molecule has 0 radical (unpaired) electrons. The Labute approximate surface area is 132 Å². The summed E-state index contributed by atoms with van der Waals surface area (Å²) in [5.74, 6) is 0.269. The maximum Gasteiger partial charge on any atom is 0.248 e. The molecule has 3 N–H and O–H groups in total. The molecule has 1 atom stereocenters. The van der Waals surface area contributed by atoms with Gasteiger partial charge in [0, 0.05) is 17.3 Å². The topological polar surface area (TPSA) is 55.1 Å². The van der Waals surface area contributed by atoms with Crippen molar-refractivity contribution in [2.24, 2.45) is 11.7 Å². The lowest BCUT2D eigenvalue weighted by atomic mass is 10.00. The van der Waals surface area contributed by atoms with E-state index in [-0.39, 0.29) is 6.04 Å². The van der Waals surface area contributed by atoms with Gasteiger partial charge in [-0.1, -0.05) is 38.1 Å². The van der Waals surface area contributed by atoms with E-state index in [4.69, 9.17) is 5.73 Å². The Kier molecular flexibility index (Phi) is 5.21. The Morgan fingerprint density at radius 3 is 2.09 bits per heavy atom. The van der Waals surface area contributed by atoms with Gasteiger partial charge in [-0.2, -0.15) is 0 Å². The first-order chi connectivity index (χ1) is 10.5. The molecule has 0 saturated carbocycles. The maximum absolute atomic E-state index is 11.1. The molecule has 0 aliphatic heterocycles. The fourth-order valence-corrected chi connectivity index (χ4v) is 2.48. The van der Waals surface area contributed by atoms with Crippen LogP contribution in [0.4, 0.5) is 5.69 Å². The monoisotopic (exact) mass is 296 g/mol. The molecule has 0 aliphatic rings. The summed E-state index contributed by atoms with van der Waals surface area (Å²) in [6.45, 7) is 6.58. The van der Waals surface area contributed by atoms with Gasteiger partial charge in [-0.3, -0.25) is 4.79 Å². The summed E-state index contributed by atoms with van der Waals surface area (Å²) >= 11 is 0. The summed E-state index contributed by atoms with van der Waals surface area (Å²) in [6.07, 6.45) is 1.11. The number of nitrogens with one attached hydrogen (secondary N) is 1. The Morgan fingerprint density at radius 2 is 1.59 bits per heavy atom. The second-order valence-corrected chi connectivity index (χ2v) is 6.15. The Morgan fingerprint density at radius 1 is 1.00 bits per heavy atom. The molecule has 22 heavy (non-hydrogen) atoms. The second-order valence-electron chi connectivity index (χ2n) is 6.15. The lowest BCUT2D eigenvalue weighted by Crippen LogP contribution is -2.11. The summed E-state index contributed by atoms with van der Waals surface area (Å²) in [4.78, 5) is 11.1. The van der Waals surface area contributed by atoms with Gasteiger partial charge in [0.25, 0.3) is 0 Å². The highest BCUT2D eigenvalue weighted by atomic mass is 16.1. The molecule has 1 amide bonds. The van der Waals surface area contributed by atoms with Gasteiger partial charge in [-0.05, 0) is 54.7 Å². The molecule has 0 aliphatic carbocycles. The third kappa shape index (κ3) is 4.35. The molecule has 2 aromatic rings. The molecular formula is C19H24N2O. The van der Waals surface area contributed by atoms with E-state index in [0.717, 1.165) is 12.1 Å². The zero-order valence-electron chi connectivity index (χ0n) is 13.5. The standard InChI is InChI=1S/C19H24N2O/c1-13(2)12-15-4-6-16(7-5-15)14(3)21-18-10-8-17(9-11-18)19(20)22/h4-11,13-14,21H,12H2,1-3H3,(H2,20,22). The highest BCUT2D eigenvalue weighted by Gasteiger charge is 2.07. The number of hydrogen-bond donors (Lipinski definition) is 2. The van der Waals surface area contributed by atoms with Crippen molar-refractivity contribution in [1.82, 2.24) is 0 Å². The Bertz CT molecular complexity index is 615. The van der Waals surface area contributed by atoms with E-state index >= 15 is 0 Å². The minimum absolute atomic E-state index is 0.201. The van der Waals surface area contributed by atoms with Gasteiger partial charge in [0.05, 0.1) is 0 Å². The van der Waals surface area contributed by atoms with Crippen molar-refractivity contribution in [2.45, 2.75) is 33.2 Å². The third-order valence-electron chi connectivity index (χ3n) is 3.68. The Balaban J connectivity index is 2.02. The first-order valence-electron chi connectivity index (χ1n) is 7.71. The van der Waals surface area contributed by atoms with Crippen LogP contribution in [0, 0.1) is 5.92 Å². The zero-order chi connectivity index (χ0) is 16.1. The van der Waals surface area contributed by atoms with Crippen LogP contribution < -0.4 is 11.1 Å². The van der Waals surface area contributed by atoms with Gasteiger partial charge in [-0.15, -0.1) is 0 Å². The molecular weight excluding hydrogens is 272 g/mol. The van der Waals surface area contributed by atoms with Crippen LogP contribution in [-0.4, -0.2) is 5.91 Å². The van der Waals surface area contributed by atoms with E-state index in [2.05, 4.69) is 50.4 Å². The smallest absolute Gasteiger partial charge is 0.248 e. The number of rotatable bonds is 6. The number of benzene rings is 2. The fourth-order valence-electron chi connectivity index (χ4n) is 2.48. The van der Waals surface area contributed by atoms with Crippen molar-refractivity contribution in [3.05, 3.63) is 65.2 Å². The molecule has 2 aromatic carbocycles. The van der Waals surface area contributed by atoms with Gasteiger partial charge < -0.3 is 11.1 Å². The van der Waals surface area contributed by atoms with Crippen molar-refractivity contribution in [2.75, 3.05) is 5.32 Å². The molecule has 0 aromatic heterocycles. The van der Waals surface area contributed by atoms with Crippen LogP contribution in [0.15, 0.2) is 48.5 Å². The van der Waals surface area contributed by atoms with Crippen LogP contribution in [0.1, 0.15) is 48.3 Å². The van der Waals surface area contributed by atoms with Gasteiger partial charge in [0.15, 0.2) is 0 Å². The van der Waals surface area contributed by atoms with Gasteiger partial charge >= 0.3 is 0 Å². The average molecular weight is 296 g/mol. The maximum atomic E-state index is 11.1. The van der Waals surface area contributed by atoms with E-state index in [1.54, 1.807) is 12.1 Å². The first-order valence-corrected chi connectivity index (χ1v) is 7.71. The van der Waals surface area contributed by atoms with E-state index in [1.165, 1.54) is 11.1 Å². The molecule has 0 saturated heterocycles. The van der Waals surface area contributed by atoms with Crippen molar-refractivity contribution in [3.8, 4) is 0 Å². The number of amides is 1. The molecule has 0 bridgehead atoms. The molecule has 3 nitrogen and oxygen atoms in total. The van der Waals surface area contributed by atoms with Crippen LogP contribution in [0.2, 0.25) is 0 Å². The Hall–Kier alpha value is -2.29. The summed E-state index contributed by atoms with van der Waals surface area (Å²) in [5, 5.41) is 3.43. The SMILES string of the molecule is CC(C)Cc1ccc(C(C)Nc2ccc(C(N)=O)cc2)cc1. The lowest BCUT2D eigenvalue weighted by Gasteiger charge is -2.16.